The van der Waals surface area contributed by atoms with Gasteiger partial charge in [0.05, 0.1) is 11.4 Å². The van der Waals surface area contributed by atoms with Crippen molar-refractivity contribution in [3.63, 3.8) is 0 Å². The van der Waals surface area contributed by atoms with Gasteiger partial charge >= 0.3 is 0 Å². The molecule has 0 saturated carbocycles. The summed E-state index contributed by atoms with van der Waals surface area (Å²) in [5.74, 6) is 1.06. The summed E-state index contributed by atoms with van der Waals surface area (Å²) in [6, 6.07) is 23.5. The number of hydrazone groups is 1. The Hall–Kier alpha value is -4.46. The second kappa shape index (κ2) is 9.13. The van der Waals surface area contributed by atoms with E-state index in [0.717, 1.165) is 5.56 Å². The summed E-state index contributed by atoms with van der Waals surface area (Å²) in [6.07, 6.45) is 0. The third-order valence-corrected chi connectivity index (χ3v) is 4.83. The Bertz CT molecular complexity index is 1290. The predicted molar refractivity (Wildman–Crippen MR) is 125 cm³/mol. The molecule has 0 aliphatic rings. The van der Waals surface area contributed by atoms with Crippen molar-refractivity contribution in [2.75, 3.05) is 5.43 Å². The van der Waals surface area contributed by atoms with Gasteiger partial charge in [-0.3, -0.25) is 0 Å². The number of phenolic OH excluding ortho intramolecular Hbond substituents is 2. The second-order valence-electron chi connectivity index (χ2n) is 7.05. The number of nitrogens with one attached hydrogen (secondary N) is 1. The van der Waals surface area contributed by atoms with Gasteiger partial charge in [-0.25, -0.2) is 5.43 Å². The van der Waals surface area contributed by atoms with Gasteiger partial charge < -0.3 is 10.2 Å². The zero-order valence-corrected chi connectivity index (χ0v) is 17.6. The number of aromatic hydroxyl groups is 2. The number of hydrogen-bond acceptors (Lipinski definition) is 7. The highest BCUT2D eigenvalue weighted by atomic mass is 16.3. The van der Waals surface area contributed by atoms with E-state index >= 15 is 0 Å². The molecule has 0 aliphatic heterocycles. The van der Waals surface area contributed by atoms with E-state index in [2.05, 4.69) is 25.8 Å². The fourth-order valence-electron chi connectivity index (χ4n) is 3.17. The van der Waals surface area contributed by atoms with Crippen LogP contribution < -0.4 is 5.43 Å². The first kappa shape index (κ1) is 20.8. The number of para-hydroxylation sites is 2. The molecule has 8 nitrogen and oxygen atoms in total. The van der Waals surface area contributed by atoms with E-state index in [1.165, 1.54) is 0 Å². The number of nitrogens with zero attached hydrogens (tertiary/aromatic N) is 5. The Kier molecular flexibility index (Phi) is 5.94. The average molecular weight is 426 g/mol. The first-order valence-corrected chi connectivity index (χ1v) is 9.98. The molecule has 0 spiro atoms. The van der Waals surface area contributed by atoms with Crippen molar-refractivity contribution in [2.45, 2.75) is 13.8 Å². The summed E-state index contributed by atoms with van der Waals surface area (Å²) in [4.78, 5) is 0. The topological polar surface area (TPSA) is 108 Å². The molecule has 32 heavy (non-hydrogen) atoms. The van der Waals surface area contributed by atoms with Crippen LogP contribution in [-0.4, -0.2) is 36.5 Å². The Morgan fingerprint density at radius 1 is 0.750 bits per heavy atom. The summed E-state index contributed by atoms with van der Waals surface area (Å²) in [5.41, 5.74) is 6.06. The zero-order chi connectivity index (χ0) is 22.5. The summed E-state index contributed by atoms with van der Waals surface area (Å²) < 4.78 is 1.54. The maximum absolute atomic E-state index is 10.2. The first-order chi connectivity index (χ1) is 15.5. The van der Waals surface area contributed by atoms with Crippen molar-refractivity contribution < 1.29 is 10.2 Å². The van der Waals surface area contributed by atoms with Crippen LogP contribution in [0.1, 0.15) is 25.0 Å². The lowest BCUT2D eigenvalue weighted by molar-refractivity contribution is 0.473. The fraction of sp³-hybridized carbons (Fsp3) is 0.0833. The van der Waals surface area contributed by atoms with Crippen LogP contribution in [0.2, 0.25) is 0 Å². The van der Waals surface area contributed by atoms with Gasteiger partial charge in [0.2, 0.25) is 0 Å². The van der Waals surface area contributed by atoms with Crippen molar-refractivity contribution >= 4 is 17.4 Å². The van der Waals surface area contributed by atoms with E-state index in [-0.39, 0.29) is 17.4 Å². The van der Waals surface area contributed by atoms with Crippen LogP contribution >= 0.6 is 0 Å². The molecule has 0 bridgehead atoms. The predicted octanol–water partition coefficient (Wildman–Crippen LogP) is 4.46. The molecular formula is C24H22N6O2. The third kappa shape index (κ3) is 4.34. The number of anilines is 1. The van der Waals surface area contributed by atoms with Gasteiger partial charge in [-0.1, -0.05) is 54.6 Å². The molecule has 0 saturated heterocycles. The SMILES string of the molecule is C/C(=N\Nc1nnc(-c2ccccc2)n1/N=C(\C)c1ccccc1O)c1ccccc1O. The van der Waals surface area contributed by atoms with Crippen LogP contribution in [0.4, 0.5) is 5.95 Å². The number of phenols is 2. The maximum Gasteiger partial charge on any atom is 0.266 e. The van der Waals surface area contributed by atoms with E-state index in [9.17, 15) is 10.2 Å². The molecule has 0 fully saturated rings. The fourth-order valence-corrected chi connectivity index (χ4v) is 3.17. The molecule has 160 valence electrons. The molecule has 3 N–H and O–H groups in total. The van der Waals surface area contributed by atoms with Crippen molar-refractivity contribution in [2.24, 2.45) is 10.2 Å². The minimum atomic E-state index is 0.131. The molecule has 4 rings (SSSR count). The van der Waals surface area contributed by atoms with E-state index in [4.69, 9.17) is 0 Å². The van der Waals surface area contributed by atoms with Crippen LogP contribution in [0.25, 0.3) is 11.4 Å². The van der Waals surface area contributed by atoms with Gasteiger partial charge in [0.25, 0.3) is 5.95 Å². The number of hydrogen-bond donors (Lipinski definition) is 3. The lowest BCUT2D eigenvalue weighted by Crippen LogP contribution is -2.07. The Morgan fingerprint density at radius 3 is 1.94 bits per heavy atom. The van der Waals surface area contributed by atoms with E-state index in [0.29, 0.717) is 28.4 Å². The molecule has 0 aliphatic carbocycles. The van der Waals surface area contributed by atoms with Gasteiger partial charge in [0.1, 0.15) is 11.5 Å². The first-order valence-electron chi connectivity index (χ1n) is 9.98. The number of benzene rings is 3. The molecule has 1 aromatic heterocycles. The summed E-state index contributed by atoms with van der Waals surface area (Å²) in [7, 11) is 0. The van der Waals surface area contributed by atoms with Gasteiger partial charge in [-0.2, -0.15) is 14.9 Å². The molecule has 0 atom stereocenters. The maximum atomic E-state index is 10.2. The standard InChI is InChI=1S/C24H22N6O2/c1-16(19-12-6-8-14-21(19)31)25-27-24-28-26-23(18-10-4-3-5-11-18)30(24)29-17(2)20-13-7-9-15-22(20)32/h3-15,31-32H,1-2H3,(H,27,28)/b25-16+,29-17+. The Balaban J connectivity index is 1.76. The number of aromatic nitrogens is 3. The quantitative estimate of drug-likeness (QED) is 0.312. The van der Waals surface area contributed by atoms with Crippen LogP contribution in [-0.2, 0) is 0 Å². The molecular weight excluding hydrogens is 404 g/mol. The third-order valence-electron chi connectivity index (χ3n) is 4.83. The van der Waals surface area contributed by atoms with E-state index < -0.39 is 0 Å². The summed E-state index contributed by atoms with van der Waals surface area (Å²) in [6.45, 7) is 3.57. The molecule has 0 amide bonds. The van der Waals surface area contributed by atoms with Crippen LogP contribution in [0, 0.1) is 0 Å². The van der Waals surface area contributed by atoms with Gasteiger partial charge in [-0.15, -0.1) is 10.2 Å². The van der Waals surface area contributed by atoms with Gasteiger partial charge in [-0.05, 0) is 38.1 Å². The molecule has 4 aromatic rings. The highest BCUT2D eigenvalue weighted by molar-refractivity contribution is 6.02. The van der Waals surface area contributed by atoms with Gasteiger partial charge in [0, 0.05) is 16.7 Å². The molecule has 3 aromatic carbocycles. The molecule has 0 radical (unpaired) electrons. The van der Waals surface area contributed by atoms with E-state index in [1.807, 2.05) is 42.5 Å². The largest absolute Gasteiger partial charge is 0.507 e. The smallest absolute Gasteiger partial charge is 0.266 e. The molecule has 8 heteroatoms. The lowest BCUT2D eigenvalue weighted by atomic mass is 10.1. The van der Waals surface area contributed by atoms with Crippen LogP contribution in [0.3, 0.4) is 0 Å². The lowest BCUT2D eigenvalue weighted by Gasteiger charge is -2.09. The zero-order valence-electron chi connectivity index (χ0n) is 17.6. The van der Waals surface area contributed by atoms with Crippen LogP contribution in [0.5, 0.6) is 11.5 Å². The number of rotatable bonds is 6. The minimum absolute atomic E-state index is 0.131. The normalized spacial score (nSPS) is 12.1. The van der Waals surface area contributed by atoms with Crippen LogP contribution in [0.15, 0.2) is 89.1 Å². The van der Waals surface area contributed by atoms with Crippen molar-refractivity contribution in [1.29, 1.82) is 0 Å². The average Bonchev–Trinajstić information content (AvgIpc) is 3.21. The summed E-state index contributed by atoms with van der Waals surface area (Å²) in [5, 5.41) is 37.8. The minimum Gasteiger partial charge on any atom is -0.507 e. The highest BCUT2D eigenvalue weighted by Gasteiger charge is 2.15. The summed E-state index contributed by atoms with van der Waals surface area (Å²) >= 11 is 0. The van der Waals surface area contributed by atoms with Crippen molar-refractivity contribution in [1.82, 2.24) is 14.9 Å². The van der Waals surface area contributed by atoms with E-state index in [1.54, 1.807) is 54.9 Å². The monoisotopic (exact) mass is 426 g/mol. The van der Waals surface area contributed by atoms with Crippen molar-refractivity contribution in [3.8, 4) is 22.9 Å². The highest BCUT2D eigenvalue weighted by Crippen LogP contribution is 2.23. The molecule has 1 heterocycles. The Labute approximate surface area is 185 Å². The molecule has 0 unspecified atom stereocenters. The Morgan fingerprint density at radius 2 is 1.31 bits per heavy atom. The second-order valence-corrected chi connectivity index (χ2v) is 7.05. The van der Waals surface area contributed by atoms with Crippen molar-refractivity contribution in [3.05, 3.63) is 90.0 Å². The van der Waals surface area contributed by atoms with Gasteiger partial charge in [0.15, 0.2) is 5.82 Å².